The number of aliphatic carboxylic acids is 2. The number of rotatable bonds is 6. The lowest BCUT2D eigenvalue weighted by Gasteiger charge is -2.27. The van der Waals surface area contributed by atoms with E-state index < -0.39 is 34.6 Å². The van der Waals surface area contributed by atoms with Crippen LogP contribution >= 0.6 is 0 Å². The van der Waals surface area contributed by atoms with E-state index in [9.17, 15) is 18.0 Å². The first-order valence-corrected chi connectivity index (χ1v) is 6.99. The monoisotopic (exact) mass is 280 g/mol. The van der Waals surface area contributed by atoms with Crippen molar-refractivity contribution in [2.75, 3.05) is 13.1 Å². The predicted octanol–water partition coefficient (Wildman–Crippen LogP) is -0.765. The molecular formula is C9H16N2O6S. The third kappa shape index (κ3) is 4.24. The Morgan fingerprint density at radius 3 is 2.17 bits per heavy atom. The highest BCUT2D eigenvalue weighted by atomic mass is 32.2. The zero-order chi connectivity index (χ0) is 13.8. The Morgan fingerprint density at radius 1 is 1.17 bits per heavy atom. The summed E-state index contributed by atoms with van der Waals surface area (Å²) < 4.78 is 26.7. The summed E-state index contributed by atoms with van der Waals surface area (Å²) in [4.78, 5) is 21.3. The van der Waals surface area contributed by atoms with E-state index in [1.54, 1.807) is 0 Å². The molecule has 0 spiro atoms. The quantitative estimate of drug-likeness (QED) is 0.587. The van der Waals surface area contributed by atoms with Gasteiger partial charge in [-0.3, -0.25) is 9.59 Å². The second-order valence-corrected chi connectivity index (χ2v) is 5.77. The number of piperidine rings is 1. The summed E-state index contributed by atoms with van der Waals surface area (Å²) in [5.41, 5.74) is 0. The minimum absolute atomic E-state index is 0.328. The third-order valence-corrected chi connectivity index (χ3v) is 4.25. The molecule has 18 heavy (non-hydrogen) atoms. The van der Waals surface area contributed by atoms with Crippen LogP contribution in [0.5, 0.6) is 0 Å². The van der Waals surface area contributed by atoms with E-state index in [0.717, 1.165) is 23.6 Å². The van der Waals surface area contributed by atoms with Crippen molar-refractivity contribution in [2.24, 2.45) is 0 Å². The molecule has 0 aliphatic carbocycles. The molecular weight excluding hydrogens is 264 g/mol. The summed E-state index contributed by atoms with van der Waals surface area (Å²) in [6, 6.07) is -1.64. The molecule has 1 heterocycles. The van der Waals surface area contributed by atoms with Crippen LogP contribution in [0.15, 0.2) is 0 Å². The van der Waals surface area contributed by atoms with Crippen molar-refractivity contribution in [2.45, 2.75) is 31.7 Å². The molecule has 1 atom stereocenters. The lowest BCUT2D eigenvalue weighted by atomic mass is 10.2. The molecule has 0 bridgehead atoms. The molecule has 0 saturated carbocycles. The van der Waals surface area contributed by atoms with Crippen molar-refractivity contribution in [3.63, 3.8) is 0 Å². The molecule has 8 nitrogen and oxygen atoms in total. The summed E-state index contributed by atoms with van der Waals surface area (Å²) >= 11 is 0. The molecule has 1 aliphatic heterocycles. The van der Waals surface area contributed by atoms with Gasteiger partial charge in [0.05, 0.1) is 6.42 Å². The van der Waals surface area contributed by atoms with Crippen LogP contribution in [0, 0.1) is 0 Å². The van der Waals surface area contributed by atoms with Gasteiger partial charge < -0.3 is 10.2 Å². The number of hydrogen-bond acceptors (Lipinski definition) is 4. The molecule has 1 rings (SSSR count). The average molecular weight is 280 g/mol. The molecule has 0 radical (unpaired) electrons. The molecule has 3 N–H and O–H groups in total. The van der Waals surface area contributed by atoms with Gasteiger partial charge in [0.15, 0.2) is 0 Å². The van der Waals surface area contributed by atoms with Gasteiger partial charge in [-0.1, -0.05) is 6.42 Å². The van der Waals surface area contributed by atoms with Crippen LogP contribution in [0.3, 0.4) is 0 Å². The van der Waals surface area contributed by atoms with E-state index in [1.165, 1.54) is 0 Å². The first kappa shape index (κ1) is 14.9. The van der Waals surface area contributed by atoms with Crippen LogP contribution in [0.2, 0.25) is 0 Å². The minimum Gasteiger partial charge on any atom is -0.481 e. The van der Waals surface area contributed by atoms with Crippen molar-refractivity contribution in [3.05, 3.63) is 0 Å². The normalized spacial score (nSPS) is 19.3. The first-order chi connectivity index (χ1) is 8.33. The molecule has 1 aliphatic rings. The Morgan fingerprint density at radius 2 is 1.72 bits per heavy atom. The van der Waals surface area contributed by atoms with E-state index in [-0.39, 0.29) is 0 Å². The van der Waals surface area contributed by atoms with Gasteiger partial charge in [0.2, 0.25) is 0 Å². The number of nitrogens with one attached hydrogen (secondary N) is 1. The molecule has 0 amide bonds. The Balaban J connectivity index is 2.71. The van der Waals surface area contributed by atoms with Crippen LogP contribution in [-0.4, -0.2) is 54.0 Å². The fraction of sp³-hybridized carbons (Fsp3) is 0.778. The van der Waals surface area contributed by atoms with Crippen molar-refractivity contribution < 1.29 is 28.2 Å². The maximum absolute atomic E-state index is 11.8. The van der Waals surface area contributed by atoms with E-state index in [4.69, 9.17) is 10.2 Å². The molecule has 1 fully saturated rings. The largest absolute Gasteiger partial charge is 0.481 e. The maximum atomic E-state index is 11.8. The molecule has 1 unspecified atom stereocenters. The number of carboxylic acids is 2. The maximum Gasteiger partial charge on any atom is 0.322 e. The molecule has 9 heteroatoms. The highest BCUT2D eigenvalue weighted by molar-refractivity contribution is 7.87. The third-order valence-electron chi connectivity index (χ3n) is 2.62. The van der Waals surface area contributed by atoms with Crippen molar-refractivity contribution in [3.8, 4) is 0 Å². The fourth-order valence-electron chi connectivity index (χ4n) is 1.71. The zero-order valence-electron chi connectivity index (χ0n) is 9.70. The predicted molar refractivity (Wildman–Crippen MR) is 61.2 cm³/mol. The molecule has 0 aromatic rings. The summed E-state index contributed by atoms with van der Waals surface area (Å²) in [5, 5.41) is 17.3. The van der Waals surface area contributed by atoms with Crippen LogP contribution in [0.25, 0.3) is 0 Å². The number of carboxylic acid groups (broad SMARTS) is 2. The van der Waals surface area contributed by atoms with Crippen LogP contribution in [0.4, 0.5) is 0 Å². The first-order valence-electron chi connectivity index (χ1n) is 5.55. The second-order valence-electron chi connectivity index (χ2n) is 4.07. The highest BCUT2D eigenvalue weighted by Crippen LogP contribution is 2.12. The zero-order valence-corrected chi connectivity index (χ0v) is 10.5. The summed E-state index contributed by atoms with van der Waals surface area (Å²) in [6.07, 6.45) is 1.58. The van der Waals surface area contributed by atoms with E-state index in [0.29, 0.717) is 13.1 Å². The second kappa shape index (κ2) is 6.12. The van der Waals surface area contributed by atoms with Crippen molar-refractivity contribution in [1.29, 1.82) is 0 Å². The average Bonchev–Trinajstić information content (AvgIpc) is 2.28. The summed E-state index contributed by atoms with van der Waals surface area (Å²) in [5.74, 6) is -2.87. The Kier molecular flexibility index (Phi) is 5.05. The Bertz CT molecular complexity index is 415. The number of hydrogen-bond donors (Lipinski definition) is 3. The fourth-order valence-corrected chi connectivity index (χ4v) is 3.15. The van der Waals surface area contributed by atoms with Gasteiger partial charge in [-0.2, -0.15) is 17.4 Å². The van der Waals surface area contributed by atoms with Crippen molar-refractivity contribution in [1.82, 2.24) is 9.03 Å². The van der Waals surface area contributed by atoms with Gasteiger partial charge in [0.25, 0.3) is 10.2 Å². The van der Waals surface area contributed by atoms with Crippen LogP contribution in [0.1, 0.15) is 25.7 Å². The molecule has 104 valence electrons. The number of carbonyl (C=O) groups is 2. The Labute approximate surface area is 105 Å². The number of nitrogens with zero attached hydrogens (tertiary/aromatic N) is 1. The van der Waals surface area contributed by atoms with E-state index in [1.807, 2.05) is 4.72 Å². The minimum atomic E-state index is -3.93. The van der Waals surface area contributed by atoms with Gasteiger partial charge in [-0.15, -0.1) is 0 Å². The van der Waals surface area contributed by atoms with Gasteiger partial charge in [0, 0.05) is 13.1 Å². The van der Waals surface area contributed by atoms with Gasteiger partial charge >= 0.3 is 11.9 Å². The summed E-state index contributed by atoms with van der Waals surface area (Å²) in [6.45, 7) is 0.656. The standard InChI is InChI=1S/C9H16N2O6S/c12-8(13)6-7(9(14)15)10-18(16,17)11-4-2-1-3-5-11/h7,10H,1-6H2,(H,12,13)(H,14,15). The van der Waals surface area contributed by atoms with Gasteiger partial charge in [-0.25, -0.2) is 0 Å². The molecule has 0 aromatic heterocycles. The van der Waals surface area contributed by atoms with Crippen LogP contribution < -0.4 is 4.72 Å². The highest BCUT2D eigenvalue weighted by Gasteiger charge is 2.31. The SMILES string of the molecule is O=C(O)CC(NS(=O)(=O)N1CCCCC1)C(=O)O. The summed E-state index contributed by atoms with van der Waals surface area (Å²) in [7, 11) is -3.93. The van der Waals surface area contributed by atoms with Crippen LogP contribution in [-0.2, 0) is 19.8 Å². The lowest BCUT2D eigenvalue weighted by molar-refractivity contribution is -0.145. The smallest absolute Gasteiger partial charge is 0.322 e. The lowest BCUT2D eigenvalue weighted by Crippen LogP contribution is -2.50. The topological polar surface area (TPSA) is 124 Å². The molecule has 1 saturated heterocycles. The van der Waals surface area contributed by atoms with E-state index in [2.05, 4.69) is 0 Å². The van der Waals surface area contributed by atoms with Gasteiger partial charge in [0.1, 0.15) is 6.04 Å². The molecule has 0 aromatic carbocycles. The Hall–Kier alpha value is -1.19. The van der Waals surface area contributed by atoms with Gasteiger partial charge in [-0.05, 0) is 12.8 Å². The van der Waals surface area contributed by atoms with Crippen molar-refractivity contribution >= 4 is 22.1 Å². The van der Waals surface area contributed by atoms with E-state index >= 15 is 0 Å².